The Kier molecular flexibility index (Phi) is 3.58. The lowest BCUT2D eigenvalue weighted by atomic mass is 10.2. The molecule has 2 rings (SSSR count). The smallest absolute Gasteiger partial charge is 0.287 e. The quantitative estimate of drug-likeness (QED) is 0.627. The highest BCUT2D eigenvalue weighted by Gasteiger charge is 2.25. The van der Waals surface area contributed by atoms with Gasteiger partial charge in [-0.1, -0.05) is 0 Å². The standard InChI is InChI=1S/C10H13N3O4S/c14-13(15)9-1-2-10(12-6-9)18(16,17)7-8-3-4-11-5-8/h1-2,6,8,11H,3-5,7H2. The molecular weight excluding hydrogens is 258 g/mol. The van der Waals surface area contributed by atoms with Gasteiger partial charge in [-0.25, -0.2) is 13.4 Å². The number of aromatic nitrogens is 1. The molecule has 8 heteroatoms. The third kappa shape index (κ3) is 2.82. The summed E-state index contributed by atoms with van der Waals surface area (Å²) in [5.41, 5.74) is -0.212. The number of nitrogens with one attached hydrogen (secondary N) is 1. The molecule has 7 nitrogen and oxygen atoms in total. The molecule has 2 heterocycles. The molecule has 1 unspecified atom stereocenters. The van der Waals surface area contributed by atoms with E-state index in [2.05, 4.69) is 10.3 Å². The Morgan fingerprint density at radius 2 is 2.28 bits per heavy atom. The van der Waals surface area contributed by atoms with Gasteiger partial charge in [0, 0.05) is 6.07 Å². The monoisotopic (exact) mass is 271 g/mol. The van der Waals surface area contributed by atoms with Gasteiger partial charge in [0.2, 0.25) is 0 Å². The lowest BCUT2D eigenvalue weighted by Gasteiger charge is -2.08. The Balaban J connectivity index is 2.16. The fourth-order valence-corrected chi connectivity index (χ4v) is 3.48. The maximum Gasteiger partial charge on any atom is 0.287 e. The second-order valence-corrected chi connectivity index (χ2v) is 6.23. The van der Waals surface area contributed by atoms with Gasteiger partial charge in [-0.2, -0.15) is 0 Å². The summed E-state index contributed by atoms with van der Waals surface area (Å²) in [6.45, 7) is 1.51. The van der Waals surface area contributed by atoms with Gasteiger partial charge in [-0.15, -0.1) is 0 Å². The van der Waals surface area contributed by atoms with E-state index in [1.54, 1.807) is 0 Å². The first-order valence-electron chi connectivity index (χ1n) is 5.53. The lowest BCUT2D eigenvalue weighted by molar-refractivity contribution is -0.385. The van der Waals surface area contributed by atoms with Crippen LogP contribution in [0.25, 0.3) is 0 Å². The summed E-state index contributed by atoms with van der Waals surface area (Å²) in [6.07, 6.45) is 1.80. The van der Waals surface area contributed by atoms with Crippen LogP contribution < -0.4 is 5.32 Å². The number of nitro groups is 1. The second kappa shape index (κ2) is 4.99. The minimum Gasteiger partial charge on any atom is -0.316 e. The topological polar surface area (TPSA) is 102 Å². The molecule has 1 N–H and O–H groups in total. The molecule has 0 saturated carbocycles. The maximum absolute atomic E-state index is 12.0. The van der Waals surface area contributed by atoms with Gasteiger partial charge in [-0.05, 0) is 31.5 Å². The van der Waals surface area contributed by atoms with Crippen molar-refractivity contribution in [3.8, 4) is 0 Å². The molecule has 18 heavy (non-hydrogen) atoms. The highest BCUT2D eigenvalue weighted by Crippen LogP contribution is 2.18. The summed E-state index contributed by atoms with van der Waals surface area (Å²) in [7, 11) is -3.46. The van der Waals surface area contributed by atoms with Gasteiger partial charge in [0.1, 0.15) is 6.20 Å². The Bertz CT molecular complexity index is 535. The minimum atomic E-state index is -3.46. The van der Waals surface area contributed by atoms with Crippen LogP contribution in [-0.4, -0.2) is 37.2 Å². The molecule has 0 aromatic carbocycles. The van der Waals surface area contributed by atoms with Gasteiger partial charge < -0.3 is 5.32 Å². The number of rotatable bonds is 4. The first-order chi connectivity index (χ1) is 8.49. The Morgan fingerprint density at radius 3 is 2.78 bits per heavy atom. The fraction of sp³-hybridized carbons (Fsp3) is 0.500. The summed E-state index contributed by atoms with van der Waals surface area (Å²) in [6, 6.07) is 2.35. The highest BCUT2D eigenvalue weighted by atomic mass is 32.2. The van der Waals surface area contributed by atoms with Crippen LogP contribution in [0, 0.1) is 16.0 Å². The molecule has 0 aliphatic carbocycles. The second-order valence-electron chi connectivity index (χ2n) is 4.25. The van der Waals surface area contributed by atoms with Crippen molar-refractivity contribution in [1.82, 2.24) is 10.3 Å². The molecule has 0 spiro atoms. The molecule has 98 valence electrons. The van der Waals surface area contributed by atoms with E-state index >= 15 is 0 Å². The number of nitrogens with zero attached hydrogens (tertiary/aromatic N) is 2. The first kappa shape index (κ1) is 12.9. The van der Waals surface area contributed by atoms with Crippen molar-refractivity contribution >= 4 is 15.5 Å². The molecule has 1 aliphatic rings. The number of pyridine rings is 1. The minimum absolute atomic E-state index is 0.0326. The maximum atomic E-state index is 12.0. The molecule has 1 saturated heterocycles. The zero-order valence-electron chi connectivity index (χ0n) is 9.57. The van der Waals surface area contributed by atoms with Crippen LogP contribution in [0.1, 0.15) is 6.42 Å². The first-order valence-corrected chi connectivity index (χ1v) is 7.18. The van der Waals surface area contributed by atoms with E-state index in [-0.39, 0.29) is 22.4 Å². The summed E-state index contributed by atoms with van der Waals surface area (Å²) < 4.78 is 24.0. The third-order valence-electron chi connectivity index (χ3n) is 2.87. The summed E-state index contributed by atoms with van der Waals surface area (Å²) in [5, 5.41) is 13.4. The van der Waals surface area contributed by atoms with E-state index in [4.69, 9.17) is 0 Å². The molecule has 0 radical (unpaired) electrons. The Morgan fingerprint density at radius 1 is 1.50 bits per heavy atom. The van der Waals surface area contributed by atoms with E-state index in [9.17, 15) is 18.5 Å². The van der Waals surface area contributed by atoms with Crippen LogP contribution in [0.5, 0.6) is 0 Å². The molecular formula is C10H13N3O4S. The Hall–Kier alpha value is -1.54. The van der Waals surface area contributed by atoms with E-state index < -0.39 is 14.8 Å². The van der Waals surface area contributed by atoms with Gasteiger partial charge in [0.15, 0.2) is 14.9 Å². The summed E-state index contributed by atoms with van der Waals surface area (Å²) in [5.74, 6) is 0.122. The van der Waals surface area contributed by atoms with Crippen LogP contribution in [0.4, 0.5) is 5.69 Å². The molecule has 1 aromatic rings. The third-order valence-corrected chi connectivity index (χ3v) is 4.66. The molecule has 1 aliphatic heterocycles. The molecule has 1 atom stereocenters. The van der Waals surface area contributed by atoms with Gasteiger partial charge in [0.05, 0.1) is 10.7 Å². The van der Waals surface area contributed by atoms with Crippen molar-refractivity contribution in [2.75, 3.05) is 18.8 Å². The average molecular weight is 271 g/mol. The van der Waals surface area contributed by atoms with Crippen LogP contribution >= 0.6 is 0 Å². The van der Waals surface area contributed by atoms with Crippen LogP contribution in [-0.2, 0) is 9.84 Å². The van der Waals surface area contributed by atoms with E-state index in [1.165, 1.54) is 6.07 Å². The van der Waals surface area contributed by atoms with E-state index in [0.717, 1.165) is 25.2 Å². The van der Waals surface area contributed by atoms with E-state index in [0.29, 0.717) is 6.54 Å². The van der Waals surface area contributed by atoms with E-state index in [1.807, 2.05) is 0 Å². The zero-order chi connectivity index (χ0) is 13.2. The van der Waals surface area contributed by atoms with Gasteiger partial charge in [-0.3, -0.25) is 10.1 Å². The van der Waals surface area contributed by atoms with Crippen molar-refractivity contribution in [2.45, 2.75) is 11.4 Å². The number of hydrogen-bond donors (Lipinski definition) is 1. The number of hydrogen-bond acceptors (Lipinski definition) is 6. The lowest BCUT2D eigenvalue weighted by Crippen LogP contribution is -2.19. The zero-order valence-corrected chi connectivity index (χ0v) is 10.4. The predicted molar refractivity (Wildman–Crippen MR) is 63.9 cm³/mol. The Labute approximate surface area is 104 Å². The average Bonchev–Trinajstić information content (AvgIpc) is 2.81. The summed E-state index contributed by atoms with van der Waals surface area (Å²) in [4.78, 5) is 13.5. The van der Waals surface area contributed by atoms with Gasteiger partial charge in [0.25, 0.3) is 5.69 Å². The van der Waals surface area contributed by atoms with Crippen molar-refractivity contribution < 1.29 is 13.3 Å². The van der Waals surface area contributed by atoms with Crippen LogP contribution in [0.2, 0.25) is 0 Å². The van der Waals surface area contributed by atoms with Crippen LogP contribution in [0.3, 0.4) is 0 Å². The van der Waals surface area contributed by atoms with Gasteiger partial charge >= 0.3 is 0 Å². The predicted octanol–water partition coefficient (Wildman–Crippen LogP) is 0.373. The molecule has 1 aromatic heterocycles. The van der Waals surface area contributed by atoms with Crippen molar-refractivity contribution in [2.24, 2.45) is 5.92 Å². The van der Waals surface area contributed by atoms with Crippen molar-refractivity contribution in [1.29, 1.82) is 0 Å². The van der Waals surface area contributed by atoms with Crippen LogP contribution in [0.15, 0.2) is 23.4 Å². The normalized spacial score (nSPS) is 19.9. The summed E-state index contributed by atoms with van der Waals surface area (Å²) >= 11 is 0. The molecule has 0 amide bonds. The highest BCUT2D eigenvalue weighted by molar-refractivity contribution is 7.91. The van der Waals surface area contributed by atoms with Crippen molar-refractivity contribution in [3.63, 3.8) is 0 Å². The molecule has 1 fully saturated rings. The SMILES string of the molecule is O=[N+]([O-])c1ccc(S(=O)(=O)CC2CCNC2)nc1. The largest absolute Gasteiger partial charge is 0.316 e. The van der Waals surface area contributed by atoms with Crippen molar-refractivity contribution in [3.05, 3.63) is 28.4 Å². The number of sulfone groups is 1. The molecule has 0 bridgehead atoms. The fourth-order valence-electron chi connectivity index (χ4n) is 1.92.